The Kier molecular flexibility index (Phi) is 4.15. The van der Waals surface area contributed by atoms with Gasteiger partial charge in [-0.2, -0.15) is 0 Å². The molecule has 1 aromatic rings. The van der Waals surface area contributed by atoms with Crippen LogP contribution in [0.1, 0.15) is 32.1 Å². The van der Waals surface area contributed by atoms with Crippen molar-refractivity contribution < 1.29 is 8.42 Å². The first-order valence-corrected chi connectivity index (χ1v) is 8.47. The Morgan fingerprint density at radius 3 is 2.53 bits per heavy atom. The first-order valence-electron chi connectivity index (χ1n) is 6.16. The number of nitrogens with one attached hydrogen (secondary N) is 1. The first-order chi connectivity index (χ1) is 8.88. The maximum Gasteiger partial charge on any atom is 0.328 e. The molecular formula is C11H15ClN2O4S. The molecule has 1 aromatic heterocycles. The lowest BCUT2D eigenvalue weighted by Gasteiger charge is -2.10. The van der Waals surface area contributed by atoms with Crippen molar-refractivity contribution in [1.82, 2.24) is 9.55 Å². The normalized spacial score (nSPS) is 16.9. The van der Waals surface area contributed by atoms with E-state index < -0.39 is 25.2 Å². The van der Waals surface area contributed by atoms with E-state index in [-0.39, 0.29) is 0 Å². The van der Waals surface area contributed by atoms with Gasteiger partial charge in [0.25, 0.3) is 14.6 Å². The average Bonchev–Trinajstić information content (AvgIpc) is 2.79. The largest absolute Gasteiger partial charge is 0.328 e. The second kappa shape index (κ2) is 5.50. The fraction of sp³-hybridized carbons (Fsp3) is 0.636. The zero-order valence-corrected chi connectivity index (χ0v) is 11.8. The van der Waals surface area contributed by atoms with Crippen molar-refractivity contribution in [3.63, 3.8) is 0 Å². The highest BCUT2D eigenvalue weighted by molar-refractivity contribution is 8.13. The first kappa shape index (κ1) is 14.3. The van der Waals surface area contributed by atoms with E-state index in [0.717, 1.165) is 25.5 Å². The van der Waals surface area contributed by atoms with Gasteiger partial charge in [-0.15, -0.1) is 0 Å². The standard InChI is InChI=1S/C11H15ClN2O4S/c12-19(17,18)9-7-14(11(16)13-10(9)15)6-5-8-3-1-2-4-8/h7-8H,1-6H2,(H,13,15,16). The number of hydrogen-bond donors (Lipinski definition) is 1. The molecule has 1 N–H and O–H groups in total. The van der Waals surface area contributed by atoms with E-state index in [0.29, 0.717) is 12.5 Å². The van der Waals surface area contributed by atoms with Crippen LogP contribution in [0.4, 0.5) is 0 Å². The third-order valence-corrected chi connectivity index (χ3v) is 4.81. The molecule has 0 radical (unpaired) electrons. The van der Waals surface area contributed by atoms with Gasteiger partial charge in [0.1, 0.15) is 0 Å². The van der Waals surface area contributed by atoms with Crippen LogP contribution < -0.4 is 11.2 Å². The van der Waals surface area contributed by atoms with Gasteiger partial charge in [0.15, 0.2) is 4.90 Å². The molecule has 0 saturated heterocycles. The summed E-state index contributed by atoms with van der Waals surface area (Å²) in [6.45, 7) is 0.389. The third kappa shape index (κ3) is 3.48. The molecule has 1 saturated carbocycles. The highest BCUT2D eigenvalue weighted by Gasteiger charge is 2.19. The predicted octanol–water partition coefficient (Wildman–Crippen LogP) is 1.04. The van der Waals surface area contributed by atoms with E-state index in [1.54, 1.807) is 0 Å². The van der Waals surface area contributed by atoms with Crippen LogP contribution in [0.25, 0.3) is 0 Å². The summed E-state index contributed by atoms with van der Waals surface area (Å²) in [5.41, 5.74) is -1.58. The van der Waals surface area contributed by atoms with Crippen molar-refractivity contribution >= 4 is 19.7 Å². The zero-order valence-electron chi connectivity index (χ0n) is 10.3. The van der Waals surface area contributed by atoms with Crippen LogP contribution in [0.5, 0.6) is 0 Å². The molecule has 0 spiro atoms. The number of H-pyrrole nitrogens is 1. The Balaban J connectivity index is 2.25. The molecule has 0 aliphatic heterocycles. The monoisotopic (exact) mass is 306 g/mol. The smallest absolute Gasteiger partial charge is 0.299 e. The second-order valence-corrected chi connectivity index (χ2v) is 7.36. The molecule has 2 rings (SSSR count). The molecule has 0 bridgehead atoms. The molecule has 0 atom stereocenters. The summed E-state index contributed by atoms with van der Waals surface area (Å²) in [7, 11) is 1.01. The molecule has 0 unspecified atom stereocenters. The van der Waals surface area contributed by atoms with Gasteiger partial charge in [0.2, 0.25) is 0 Å². The third-order valence-electron chi connectivity index (χ3n) is 3.49. The molecule has 1 aliphatic carbocycles. The van der Waals surface area contributed by atoms with E-state index in [9.17, 15) is 18.0 Å². The summed E-state index contributed by atoms with van der Waals surface area (Å²) in [6, 6.07) is 0. The maximum absolute atomic E-state index is 11.6. The Morgan fingerprint density at radius 2 is 1.95 bits per heavy atom. The van der Waals surface area contributed by atoms with Crippen molar-refractivity contribution in [2.24, 2.45) is 5.92 Å². The summed E-state index contributed by atoms with van der Waals surface area (Å²) < 4.78 is 23.6. The fourth-order valence-electron chi connectivity index (χ4n) is 2.45. The van der Waals surface area contributed by atoms with Crippen LogP contribution in [0.15, 0.2) is 20.7 Å². The van der Waals surface area contributed by atoms with Gasteiger partial charge in [-0.05, 0) is 12.3 Å². The minimum Gasteiger partial charge on any atom is -0.299 e. The SMILES string of the molecule is O=c1[nH]c(=O)n(CCC2CCCC2)cc1S(=O)(=O)Cl. The van der Waals surface area contributed by atoms with E-state index in [4.69, 9.17) is 10.7 Å². The average molecular weight is 307 g/mol. The summed E-state index contributed by atoms with van der Waals surface area (Å²) in [5, 5.41) is 0. The van der Waals surface area contributed by atoms with Crippen LogP contribution in [-0.2, 0) is 15.6 Å². The molecular weight excluding hydrogens is 292 g/mol. The van der Waals surface area contributed by atoms with Crippen molar-refractivity contribution in [2.75, 3.05) is 0 Å². The predicted molar refractivity (Wildman–Crippen MR) is 70.9 cm³/mol. The van der Waals surface area contributed by atoms with E-state index in [1.165, 1.54) is 17.4 Å². The number of halogens is 1. The lowest BCUT2D eigenvalue weighted by atomic mass is 10.0. The van der Waals surface area contributed by atoms with Gasteiger partial charge in [-0.1, -0.05) is 25.7 Å². The van der Waals surface area contributed by atoms with Gasteiger partial charge in [-0.25, -0.2) is 13.2 Å². The summed E-state index contributed by atoms with van der Waals surface area (Å²) in [4.78, 5) is 24.4. The minimum absolute atomic E-state index is 0.389. The van der Waals surface area contributed by atoms with Gasteiger partial charge in [0, 0.05) is 23.4 Å². The fourth-order valence-corrected chi connectivity index (χ4v) is 3.31. The number of rotatable bonds is 4. The minimum atomic E-state index is -4.14. The van der Waals surface area contributed by atoms with Gasteiger partial charge in [-0.3, -0.25) is 14.3 Å². The van der Waals surface area contributed by atoms with Crippen LogP contribution >= 0.6 is 10.7 Å². The Labute approximate surface area is 114 Å². The van der Waals surface area contributed by atoms with Crippen LogP contribution in [-0.4, -0.2) is 18.0 Å². The second-order valence-electron chi connectivity index (χ2n) is 4.82. The zero-order chi connectivity index (χ0) is 14.0. The molecule has 1 fully saturated rings. The summed E-state index contributed by atoms with van der Waals surface area (Å²) >= 11 is 0. The van der Waals surface area contributed by atoms with E-state index >= 15 is 0 Å². The molecule has 19 heavy (non-hydrogen) atoms. The number of aryl methyl sites for hydroxylation is 1. The quantitative estimate of drug-likeness (QED) is 0.842. The lowest BCUT2D eigenvalue weighted by molar-refractivity contribution is 0.446. The summed E-state index contributed by atoms with van der Waals surface area (Å²) in [6.07, 6.45) is 6.50. The van der Waals surface area contributed by atoms with Crippen molar-refractivity contribution in [3.8, 4) is 0 Å². The molecule has 1 aliphatic rings. The molecule has 106 valence electrons. The number of aromatic nitrogens is 2. The van der Waals surface area contributed by atoms with E-state index in [1.807, 2.05) is 4.98 Å². The Hall–Kier alpha value is -1.08. The van der Waals surface area contributed by atoms with Gasteiger partial charge >= 0.3 is 5.69 Å². The number of nitrogens with zero attached hydrogens (tertiary/aromatic N) is 1. The highest BCUT2D eigenvalue weighted by Crippen LogP contribution is 2.27. The number of aromatic amines is 1. The topological polar surface area (TPSA) is 89.0 Å². The Morgan fingerprint density at radius 1 is 1.32 bits per heavy atom. The van der Waals surface area contributed by atoms with Crippen molar-refractivity contribution in [1.29, 1.82) is 0 Å². The van der Waals surface area contributed by atoms with Crippen LogP contribution in [0, 0.1) is 5.92 Å². The Bertz CT molecular complexity index is 671. The number of hydrogen-bond acceptors (Lipinski definition) is 4. The molecule has 6 nitrogen and oxygen atoms in total. The molecule has 0 aromatic carbocycles. The van der Waals surface area contributed by atoms with Crippen molar-refractivity contribution in [3.05, 3.63) is 27.0 Å². The molecule has 0 amide bonds. The van der Waals surface area contributed by atoms with Gasteiger partial charge < -0.3 is 0 Å². The molecule has 8 heteroatoms. The van der Waals surface area contributed by atoms with Crippen molar-refractivity contribution in [2.45, 2.75) is 43.5 Å². The van der Waals surface area contributed by atoms with E-state index in [2.05, 4.69) is 0 Å². The van der Waals surface area contributed by atoms with Crippen LogP contribution in [0.2, 0.25) is 0 Å². The highest BCUT2D eigenvalue weighted by atomic mass is 35.7. The molecule has 1 heterocycles. The van der Waals surface area contributed by atoms with Crippen LogP contribution in [0.3, 0.4) is 0 Å². The maximum atomic E-state index is 11.6. The summed E-state index contributed by atoms with van der Waals surface area (Å²) in [5.74, 6) is 0.565. The van der Waals surface area contributed by atoms with Gasteiger partial charge in [0.05, 0.1) is 0 Å². The lowest BCUT2D eigenvalue weighted by Crippen LogP contribution is -2.32.